The molecule has 1 aromatic carbocycles. The van der Waals surface area contributed by atoms with Gasteiger partial charge in [0.15, 0.2) is 0 Å². The highest BCUT2D eigenvalue weighted by atomic mass is 16.5. The molecular formula is C18H19N5O2. The molecule has 3 aromatic rings. The van der Waals surface area contributed by atoms with Gasteiger partial charge in [-0.2, -0.15) is 5.10 Å². The molecule has 0 aliphatic heterocycles. The van der Waals surface area contributed by atoms with E-state index in [1.807, 2.05) is 36.4 Å². The average molecular weight is 337 g/mol. The third-order valence-electron chi connectivity index (χ3n) is 3.83. The van der Waals surface area contributed by atoms with E-state index in [4.69, 9.17) is 4.74 Å². The zero-order valence-electron chi connectivity index (χ0n) is 13.9. The van der Waals surface area contributed by atoms with Crippen molar-refractivity contribution in [2.75, 3.05) is 7.11 Å². The summed E-state index contributed by atoms with van der Waals surface area (Å²) in [4.78, 5) is 20.3. The van der Waals surface area contributed by atoms with Crippen molar-refractivity contribution in [2.24, 2.45) is 0 Å². The minimum absolute atomic E-state index is 0.0619. The topological polar surface area (TPSA) is 81.9 Å². The summed E-state index contributed by atoms with van der Waals surface area (Å²) in [6, 6.07) is 11.2. The van der Waals surface area contributed by atoms with E-state index in [-0.39, 0.29) is 11.9 Å². The first-order chi connectivity index (χ1) is 12.3. The fourth-order valence-electron chi connectivity index (χ4n) is 2.51. The van der Waals surface area contributed by atoms with Gasteiger partial charge in [0, 0.05) is 18.8 Å². The lowest BCUT2D eigenvalue weighted by atomic mass is 9.99. The summed E-state index contributed by atoms with van der Waals surface area (Å²) in [5.41, 5.74) is 1.94. The number of pyridine rings is 1. The fourth-order valence-corrected chi connectivity index (χ4v) is 2.51. The highest BCUT2D eigenvalue weighted by Gasteiger charge is 2.17. The summed E-state index contributed by atoms with van der Waals surface area (Å²) < 4.78 is 6.84. The van der Waals surface area contributed by atoms with Crippen molar-refractivity contribution in [3.8, 4) is 5.75 Å². The molecule has 0 fully saturated rings. The molecule has 1 N–H and O–H groups in total. The van der Waals surface area contributed by atoms with E-state index in [0.29, 0.717) is 13.0 Å². The number of carbonyl (C=O) groups excluding carboxylic acids is 1. The summed E-state index contributed by atoms with van der Waals surface area (Å²) in [5, 5.41) is 7.09. The molecule has 1 atom stereocenters. The number of aromatic nitrogens is 4. The highest BCUT2D eigenvalue weighted by Crippen LogP contribution is 2.24. The molecule has 0 saturated heterocycles. The lowest BCUT2D eigenvalue weighted by Crippen LogP contribution is -2.30. The van der Waals surface area contributed by atoms with Gasteiger partial charge in [-0.25, -0.2) is 4.98 Å². The molecule has 0 bridgehead atoms. The number of ether oxygens (including phenoxy) is 1. The van der Waals surface area contributed by atoms with Gasteiger partial charge in [-0.3, -0.25) is 14.5 Å². The van der Waals surface area contributed by atoms with Gasteiger partial charge >= 0.3 is 0 Å². The highest BCUT2D eigenvalue weighted by molar-refractivity contribution is 5.76. The normalized spacial score (nSPS) is 11.7. The van der Waals surface area contributed by atoms with Crippen LogP contribution < -0.4 is 10.1 Å². The van der Waals surface area contributed by atoms with Crippen molar-refractivity contribution in [1.82, 2.24) is 25.1 Å². The van der Waals surface area contributed by atoms with Gasteiger partial charge in [-0.05, 0) is 35.4 Å². The second-order valence-corrected chi connectivity index (χ2v) is 5.46. The Morgan fingerprint density at radius 1 is 1.12 bits per heavy atom. The van der Waals surface area contributed by atoms with Crippen LogP contribution in [0.2, 0.25) is 0 Å². The van der Waals surface area contributed by atoms with E-state index in [2.05, 4.69) is 20.4 Å². The minimum atomic E-state index is -0.253. The molecule has 0 radical (unpaired) electrons. The van der Waals surface area contributed by atoms with Gasteiger partial charge in [0.1, 0.15) is 18.4 Å². The van der Waals surface area contributed by atoms with Gasteiger partial charge in [-0.1, -0.05) is 12.1 Å². The smallest absolute Gasteiger partial charge is 0.222 e. The molecule has 2 aromatic heterocycles. The number of hydrogen-bond acceptors (Lipinski definition) is 5. The van der Waals surface area contributed by atoms with Gasteiger partial charge in [0.05, 0.1) is 19.7 Å². The molecule has 0 saturated carbocycles. The lowest BCUT2D eigenvalue weighted by molar-refractivity contribution is -0.121. The summed E-state index contributed by atoms with van der Waals surface area (Å²) in [6.45, 7) is 0.484. The standard InChI is InChI=1S/C18H19N5O2/c1-25-16-4-2-14(3-5-16)18(15-6-9-19-10-7-15)22-17(24)8-11-23-13-20-12-21-23/h2-7,9-10,12-13,18H,8,11H2,1H3,(H,22,24)/t18-/m1/s1. The SMILES string of the molecule is COc1ccc([C@@H](NC(=O)CCn2cncn2)c2ccncc2)cc1. The van der Waals surface area contributed by atoms with Crippen molar-refractivity contribution < 1.29 is 9.53 Å². The van der Waals surface area contributed by atoms with E-state index in [1.54, 1.807) is 30.5 Å². The number of amides is 1. The maximum Gasteiger partial charge on any atom is 0.222 e. The van der Waals surface area contributed by atoms with Crippen molar-refractivity contribution in [1.29, 1.82) is 0 Å². The molecule has 0 aliphatic rings. The zero-order valence-corrected chi connectivity index (χ0v) is 13.9. The maximum absolute atomic E-state index is 12.4. The second kappa shape index (κ2) is 8.05. The Morgan fingerprint density at radius 3 is 2.48 bits per heavy atom. The predicted octanol–water partition coefficient (Wildman–Crippen LogP) is 1.98. The molecule has 0 unspecified atom stereocenters. The van der Waals surface area contributed by atoms with Gasteiger partial charge in [0.2, 0.25) is 5.91 Å². The number of benzene rings is 1. The van der Waals surface area contributed by atoms with Crippen LogP contribution in [0.3, 0.4) is 0 Å². The summed E-state index contributed by atoms with van der Waals surface area (Å²) in [6.07, 6.45) is 6.80. The van der Waals surface area contributed by atoms with Gasteiger partial charge < -0.3 is 10.1 Å². The molecule has 1 amide bonds. The third-order valence-corrected chi connectivity index (χ3v) is 3.83. The van der Waals surface area contributed by atoms with E-state index in [0.717, 1.165) is 16.9 Å². The fraction of sp³-hybridized carbons (Fsp3) is 0.222. The first-order valence-corrected chi connectivity index (χ1v) is 7.92. The van der Waals surface area contributed by atoms with Gasteiger partial charge in [-0.15, -0.1) is 0 Å². The molecule has 25 heavy (non-hydrogen) atoms. The van der Waals surface area contributed by atoms with Crippen molar-refractivity contribution in [2.45, 2.75) is 19.0 Å². The second-order valence-electron chi connectivity index (χ2n) is 5.46. The number of nitrogens with one attached hydrogen (secondary N) is 1. The Labute approximate surface area is 145 Å². The largest absolute Gasteiger partial charge is 0.497 e. The Bertz CT molecular complexity index is 788. The maximum atomic E-state index is 12.4. The Morgan fingerprint density at radius 2 is 1.84 bits per heavy atom. The molecule has 7 nitrogen and oxygen atoms in total. The molecule has 7 heteroatoms. The van der Waals surface area contributed by atoms with Crippen LogP contribution in [0.4, 0.5) is 0 Å². The third kappa shape index (κ3) is 4.41. The number of hydrogen-bond donors (Lipinski definition) is 1. The van der Waals surface area contributed by atoms with E-state index >= 15 is 0 Å². The molecule has 2 heterocycles. The van der Waals surface area contributed by atoms with Crippen LogP contribution in [0.1, 0.15) is 23.6 Å². The molecule has 128 valence electrons. The van der Waals surface area contributed by atoms with Crippen molar-refractivity contribution >= 4 is 5.91 Å². The van der Waals surface area contributed by atoms with Crippen LogP contribution in [0.5, 0.6) is 5.75 Å². The van der Waals surface area contributed by atoms with Crippen LogP contribution >= 0.6 is 0 Å². The molecule has 0 aliphatic carbocycles. The Balaban J connectivity index is 1.75. The number of methoxy groups -OCH3 is 1. The molecular weight excluding hydrogens is 318 g/mol. The first-order valence-electron chi connectivity index (χ1n) is 7.92. The molecule has 3 rings (SSSR count). The molecule has 0 spiro atoms. The summed E-state index contributed by atoms with van der Waals surface area (Å²) >= 11 is 0. The predicted molar refractivity (Wildman–Crippen MR) is 91.9 cm³/mol. The van der Waals surface area contributed by atoms with Crippen LogP contribution in [-0.2, 0) is 11.3 Å². The van der Waals surface area contributed by atoms with Crippen LogP contribution in [0.15, 0.2) is 61.4 Å². The van der Waals surface area contributed by atoms with Crippen molar-refractivity contribution in [3.63, 3.8) is 0 Å². The number of rotatable bonds is 7. The Kier molecular flexibility index (Phi) is 5.36. The van der Waals surface area contributed by atoms with Gasteiger partial charge in [0.25, 0.3) is 0 Å². The van der Waals surface area contributed by atoms with Crippen LogP contribution in [0.25, 0.3) is 0 Å². The Hall–Kier alpha value is -3.22. The van der Waals surface area contributed by atoms with Crippen LogP contribution in [-0.4, -0.2) is 32.8 Å². The minimum Gasteiger partial charge on any atom is -0.497 e. The quantitative estimate of drug-likeness (QED) is 0.713. The summed E-state index contributed by atoms with van der Waals surface area (Å²) in [7, 11) is 1.63. The van der Waals surface area contributed by atoms with E-state index in [9.17, 15) is 4.79 Å². The van der Waals surface area contributed by atoms with Crippen LogP contribution in [0, 0.1) is 0 Å². The van der Waals surface area contributed by atoms with Crippen molar-refractivity contribution in [3.05, 3.63) is 72.6 Å². The first kappa shape index (κ1) is 16.6. The number of aryl methyl sites for hydroxylation is 1. The number of nitrogens with zero attached hydrogens (tertiary/aromatic N) is 4. The van der Waals surface area contributed by atoms with E-state index in [1.165, 1.54) is 6.33 Å². The monoisotopic (exact) mass is 337 g/mol. The lowest BCUT2D eigenvalue weighted by Gasteiger charge is -2.20. The van der Waals surface area contributed by atoms with E-state index < -0.39 is 0 Å². The zero-order chi connectivity index (χ0) is 17.5. The number of carbonyl (C=O) groups is 1. The average Bonchev–Trinajstić information content (AvgIpc) is 3.19. The summed E-state index contributed by atoms with van der Waals surface area (Å²) in [5.74, 6) is 0.711.